The van der Waals surface area contributed by atoms with E-state index < -0.39 is 17.8 Å². The van der Waals surface area contributed by atoms with Gasteiger partial charge in [-0.25, -0.2) is 10.4 Å². The number of carbonyl (C=O) groups excluding carboxylic acids is 1. The van der Waals surface area contributed by atoms with Crippen LogP contribution in [0.5, 0.6) is 11.5 Å². The van der Waals surface area contributed by atoms with Gasteiger partial charge in [-0.15, -0.1) is 0 Å². The van der Waals surface area contributed by atoms with Gasteiger partial charge in [-0.2, -0.15) is 18.3 Å². The number of ether oxygens (including phenoxy) is 1. The number of benzene rings is 2. The van der Waals surface area contributed by atoms with Crippen LogP contribution in [0.2, 0.25) is 5.02 Å². The number of phenols is 1. The van der Waals surface area contributed by atoms with E-state index in [9.17, 15) is 23.1 Å². The number of aromatic nitrogens is 1. The quantitative estimate of drug-likeness (QED) is 0.331. The topological polar surface area (TPSA) is 95.8 Å². The van der Waals surface area contributed by atoms with Crippen molar-refractivity contribution in [3.63, 3.8) is 0 Å². The maximum atomic E-state index is 13.2. The lowest BCUT2D eigenvalue weighted by molar-refractivity contribution is -0.141. The van der Waals surface area contributed by atoms with E-state index in [2.05, 4.69) is 20.8 Å². The Morgan fingerprint density at radius 3 is 2.61 bits per heavy atom. The molecule has 0 aliphatic rings. The number of hydrogen-bond acceptors (Lipinski definition) is 6. The van der Waals surface area contributed by atoms with Crippen LogP contribution in [0.15, 0.2) is 53.6 Å². The average Bonchev–Trinajstić information content (AvgIpc) is 2.76. The van der Waals surface area contributed by atoms with Gasteiger partial charge in [0.2, 0.25) is 0 Å². The van der Waals surface area contributed by atoms with E-state index in [0.717, 1.165) is 6.07 Å². The number of rotatable bonds is 6. The van der Waals surface area contributed by atoms with Gasteiger partial charge in [0.25, 0.3) is 5.91 Å². The molecule has 0 bridgehead atoms. The molecule has 0 aliphatic carbocycles. The van der Waals surface area contributed by atoms with E-state index in [1.165, 1.54) is 31.5 Å². The first-order valence-corrected chi connectivity index (χ1v) is 9.78. The molecular formula is C22H18ClF3N4O3. The number of pyridine rings is 1. The van der Waals surface area contributed by atoms with Crippen molar-refractivity contribution in [3.05, 3.63) is 75.9 Å². The van der Waals surface area contributed by atoms with Crippen molar-refractivity contribution in [1.29, 1.82) is 0 Å². The summed E-state index contributed by atoms with van der Waals surface area (Å²) in [6.07, 6.45) is -3.41. The molecule has 0 unspecified atom stereocenters. The van der Waals surface area contributed by atoms with Gasteiger partial charge in [-0.05, 0) is 66.6 Å². The fourth-order valence-electron chi connectivity index (χ4n) is 2.79. The first-order valence-electron chi connectivity index (χ1n) is 9.40. The number of halogens is 4. The van der Waals surface area contributed by atoms with Gasteiger partial charge in [0.05, 0.1) is 18.9 Å². The number of phenolic OH excluding ortho intramolecular Hbond substituents is 1. The number of methoxy groups -OCH3 is 1. The predicted octanol–water partition coefficient (Wildman–Crippen LogP) is 5.28. The van der Waals surface area contributed by atoms with E-state index in [1.807, 2.05) is 0 Å². The number of amides is 1. The Bertz CT molecular complexity index is 1220. The molecule has 0 fully saturated rings. The summed E-state index contributed by atoms with van der Waals surface area (Å²) < 4.78 is 44.6. The highest BCUT2D eigenvalue weighted by Crippen LogP contribution is 2.31. The lowest BCUT2D eigenvalue weighted by Gasteiger charge is -2.15. The van der Waals surface area contributed by atoms with Crippen molar-refractivity contribution in [2.45, 2.75) is 13.1 Å². The molecule has 1 heterocycles. The number of hydrogen-bond donors (Lipinski definition) is 3. The summed E-state index contributed by atoms with van der Waals surface area (Å²) in [7, 11) is 1.38. The molecule has 0 atom stereocenters. The van der Waals surface area contributed by atoms with Crippen molar-refractivity contribution < 1.29 is 27.8 Å². The number of carbonyl (C=O) groups is 1. The first-order chi connectivity index (χ1) is 15.6. The van der Waals surface area contributed by atoms with E-state index in [-0.39, 0.29) is 22.9 Å². The van der Waals surface area contributed by atoms with Crippen LogP contribution in [0.25, 0.3) is 0 Å². The highest BCUT2D eigenvalue weighted by molar-refractivity contribution is 6.30. The summed E-state index contributed by atoms with van der Waals surface area (Å²) in [6, 6.07) is 10.9. The lowest BCUT2D eigenvalue weighted by atomic mass is 10.1. The highest BCUT2D eigenvalue weighted by Gasteiger charge is 2.33. The summed E-state index contributed by atoms with van der Waals surface area (Å²) in [5.74, 6) is -0.939. The van der Waals surface area contributed by atoms with Gasteiger partial charge in [-0.1, -0.05) is 11.6 Å². The standard InChI is InChI=1S/C22H18ClF3N4O3/c1-12-9-14(23)4-6-16(12)28-20-15(5-8-19(29-20)22(24,25)26)21(32)30-27-11-13-3-7-17(31)18(10-13)33-2/h3-11,31H,1-2H3,(H,28,29)(H,30,32)/b27-11+. The molecule has 11 heteroatoms. The Balaban J connectivity index is 1.88. The van der Waals surface area contributed by atoms with Crippen molar-refractivity contribution >= 4 is 35.2 Å². The zero-order chi connectivity index (χ0) is 24.2. The van der Waals surface area contributed by atoms with E-state index in [4.69, 9.17) is 16.3 Å². The smallest absolute Gasteiger partial charge is 0.433 e. The second kappa shape index (κ2) is 9.78. The molecule has 0 saturated carbocycles. The summed E-state index contributed by atoms with van der Waals surface area (Å²) in [5, 5.41) is 16.7. The molecule has 7 nitrogen and oxygen atoms in total. The maximum Gasteiger partial charge on any atom is 0.433 e. The van der Waals surface area contributed by atoms with Crippen LogP contribution in [0.4, 0.5) is 24.7 Å². The Morgan fingerprint density at radius 2 is 1.94 bits per heavy atom. The van der Waals surface area contributed by atoms with Crippen LogP contribution in [-0.4, -0.2) is 29.3 Å². The minimum absolute atomic E-state index is 0.0669. The van der Waals surface area contributed by atoms with Crippen LogP contribution in [-0.2, 0) is 6.18 Å². The summed E-state index contributed by atoms with van der Waals surface area (Å²) in [5.41, 5.74) is 2.52. The fourth-order valence-corrected chi connectivity index (χ4v) is 3.02. The van der Waals surface area contributed by atoms with Gasteiger partial charge in [0.15, 0.2) is 11.5 Å². The Kier molecular flexibility index (Phi) is 7.07. The molecule has 3 rings (SSSR count). The summed E-state index contributed by atoms with van der Waals surface area (Å²) in [4.78, 5) is 16.2. The largest absolute Gasteiger partial charge is 0.504 e. The maximum absolute atomic E-state index is 13.2. The van der Waals surface area contributed by atoms with Crippen molar-refractivity contribution in [2.75, 3.05) is 12.4 Å². The Labute approximate surface area is 191 Å². The molecule has 1 amide bonds. The molecule has 0 spiro atoms. The molecule has 1 aromatic heterocycles. The van der Waals surface area contributed by atoms with E-state index >= 15 is 0 Å². The fraction of sp³-hybridized carbons (Fsp3) is 0.136. The lowest BCUT2D eigenvalue weighted by Crippen LogP contribution is -2.21. The molecular weight excluding hydrogens is 461 g/mol. The number of aryl methyl sites for hydroxylation is 1. The number of anilines is 2. The number of aromatic hydroxyl groups is 1. The van der Waals surface area contributed by atoms with Crippen molar-refractivity contribution in [1.82, 2.24) is 10.4 Å². The van der Waals surface area contributed by atoms with E-state index in [0.29, 0.717) is 27.9 Å². The number of alkyl halides is 3. The number of hydrazone groups is 1. The van der Waals surface area contributed by atoms with Crippen LogP contribution < -0.4 is 15.5 Å². The minimum Gasteiger partial charge on any atom is -0.504 e. The Morgan fingerprint density at radius 1 is 1.18 bits per heavy atom. The zero-order valence-corrected chi connectivity index (χ0v) is 18.1. The monoisotopic (exact) mass is 478 g/mol. The molecule has 2 aromatic carbocycles. The molecule has 0 aliphatic heterocycles. The second-order valence-electron chi connectivity index (χ2n) is 6.81. The number of nitrogens with one attached hydrogen (secondary N) is 2. The van der Waals surface area contributed by atoms with Gasteiger partial charge >= 0.3 is 6.18 Å². The third-order valence-corrected chi connectivity index (χ3v) is 4.69. The summed E-state index contributed by atoms with van der Waals surface area (Å²) >= 11 is 5.93. The summed E-state index contributed by atoms with van der Waals surface area (Å²) in [6.45, 7) is 1.71. The average molecular weight is 479 g/mol. The zero-order valence-electron chi connectivity index (χ0n) is 17.4. The SMILES string of the molecule is COc1cc(/C=N/NC(=O)c2ccc(C(F)(F)F)nc2Nc2ccc(Cl)cc2C)ccc1O. The van der Waals surface area contributed by atoms with Gasteiger partial charge in [0, 0.05) is 10.7 Å². The highest BCUT2D eigenvalue weighted by atomic mass is 35.5. The van der Waals surface area contributed by atoms with Crippen molar-refractivity contribution in [2.24, 2.45) is 5.10 Å². The molecule has 0 radical (unpaired) electrons. The van der Waals surface area contributed by atoms with Gasteiger partial charge in [-0.3, -0.25) is 4.79 Å². The third kappa shape index (κ3) is 5.92. The van der Waals surface area contributed by atoms with Gasteiger partial charge in [0.1, 0.15) is 11.5 Å². The minimum atomic E-state index is -4.70. The molecule has 3 N–H and O–H groups in total. The van der Waals surface area contributed by atoms with Crippen LogP contribution >= 0.6 is 11.6 Å². The second-order valence-corrected chi connectivity index (χ2v) is 7.24. The molecule has 3 aromatic rings. The Hall–Kier alpha value is -3.79. The van der Waals surface area contributed by atoms with Crippen LogP contribution in [0, 0.1) is 6.92 Å². The predicted molar refractivity (Wildman–Crippen MR) is 118 cm³/mol. The third-order valence-electron chi connectivity index (χ3n) is 4.46. The van der Waals surface area contributed by atoms with Crippen LogP contribution in [0.1, 0.15) is 27.2 Å². The van der Waals surface area contributed by atoms with Crippen molar-refractivity contribution in [3.8, 4) is 11.5 Å². The molecule has 0 saturated heterocycles. The molecule has 33 heavy (non-hydrogen) atoms. The normalized spacial score (nSPS) is 11.5. The van der Waals surface area contributed by atoms with Gasteiger partial charge < -0.3 is 15.2 Å². The number of nitrogens with zero attached hydrogens (tertiary/aromatic N) is 2. The van der Waals surface area contributed by atoms with Crippen LogP contribution in [0.3, 0.4) is 0 Å². The van der Waals surface area contributed by atoms with E-state index in [1.54, 1.807) is 25.1 Å². The first kappa shape index (κ1) is 23.9. The molecule has 172 valence electrons.